The molecule has 0 N–H and O–H groups in total. The van der Waals surface area contributed by atoms with Crippen LogP contribution in [-0.2, 0) is 9.53 Å². The van der Waals surface area contributed by atoms with E-state index < -0.39 is 0 Å². The van der Waals surface area contributed by atoms with Crippen molar-refractivity contribution >= 4 is 17.5 Å². The summed E-state index contributed by atoms with van der Waals surface area (Å²) in [5.74, 6) is 1.21. The molecule has 0 aromatic heterocycles. The molecule has 2 saturated heterocycles. The van der Waals surface area contributed by atoms with Gasteiger partial charge >= 0.3 is 0 Å². The van der Waals surface area contributed by atoms with Crippen molar-refractivity contribution in [3.8, 4) is 0 Å². The fourth-order valence-corrected chi connectivity index (χ4v) is 4.44. The molecule has 2 heterocycles. The lowest BCUT2D eigenvalue weighted by Crippen LogP contribution is -2.49. The van der Waals surface area contributed by atoms with E-state index in [0.717, 1.165) is 89.4 Å². The highest BCUT2D eigenvalue weighted by Crippen LogP contribution is 2.31. The number of amides is 2. The number of anilines is 1. The predicted molar refractivity (Wildman–Crippen MR) is 113 cm³/mol. The zero-order valence-corrected chi connectivity index (χ0v) is 17.5. The first-order chi connectivity index (χ1) is 14.2. The van der Waals surface area contributed by atoms with E-state index in [9.17, 15) is 9.59 Å². The van der Waals surface area contributed by atoms with Gasteiger partial charge in [0, 0.05) is 63.0 Å². The van der Waals surface area contributed by atoms with Crippen molar-refractivity contribution in [2.45, 2.75) is 32.6 Å². The largest absolute Gasteiger partial charge is 0.381 e. The zero-order chi connectivity index (χ0) is 20.2. The molecule has 1 atom stereocenters. The van der Waals surface area contributed by atoms with E-state index in [1.807, 2.05) is 41.0 Å². The van der Waals surface area contributed by atoms with Gasteiger partial charge in [0.05, 0.1) is 6.61 Å². The lowest BCUT2D eigenvalue weighted by Gasteiger charge is -2.36. The Hall–Kier alpha value is -2.08. The minimum Gasteiger partial charge on any atom is -0.381 e. The maximum absolute atomic E-state index is 12.9. The molecule has 1 aromatic carbocycles. The van der Waals surface area contributed by atoms with Crippen molar-refractivity contribution < 1.29 is 14.3 Å². The van der Waals surface area contributed by atoms with Gasteiger partial charge in [0.2, 0.25) is 5.91 Å². The van der Waals surface area contributed by atoms with E-state index in [1.165, 1.54) is 0 Å². The maximum Gasteiger partial charge on any atom is 0.253 e. The van der Waals surface area contributed by atoms with Crippen LogP contribution < -0.4 is 4.90 Å². The van der Waals surface area contributed by atoms with Crippen molar-refractivity contribution in [1.82, 2.24) is 9.80 Å². The van der Waals surface area contributed by atoms with E-state index in [0.29, 0.717) is 17.7 Å². The second-order valence-corrected chi connectivity index (χ2v) is 8.55. The number of hydrogen-bond acceptors (Lipinski definition) is 4. The van der Waals surface area contributed by atoms with E-state index in [2.05, 4.69) is 4.90 Å². The molecule has 1 unspecified atom stereocenters. The van der Waals surface area contributed by atoms with Gasteiger partial charge in [0.25, 0.3) is 5.91 Å². The molecule has 0 bridgehead atoms. The lowest BCUT2D eigenvalue weighted by atomic mass is 9.98. The van der Waals surface area contributed by atoms with Crippen LogP contribution in [-0.4, -0.2) is 74.1 Å². The average Bonchev–Trinajstić information content (AvgIpc) is 3.63. The number of hydrogen-bond donors (Lipinski definition) is 0. The van der Waals surface area contributed by atoms with Crippen LogP contribution in [0.25, 0.3) is 0 Å². The lowest BCUT2D eigenvalue weighted by molar-refractivity contribution is -0.132. The van der Waals surface area contributed by atoms with Crippen LogP contribution in [0.2, 0.25) is 0 Å². The Morgan fingerprint density at radius 3 is 2.34 bits per heavy atom. The van der Waals surface area contributed by atoms with Gasteiger partial charge in [-0.25, -0.2) is 0 Å². The Kier molecular flexibility index (Phi) is 6.38. The first-order valence-electron chi connectivity index (χ1n) is 11.2. The van der Waals surface area contributed by atoms with Crippen LogP contribution in [0, 0.1) is 11.8 Å². The zero-order valence-electron chi connectivity index (χ0n) is 17.5. The molecule has 3 fully saturated rings. The molecule has 0 radical (unpaired) electrons. The molecule has 0 spiro atoms. The Morgan fingerprint density at radius 1 is 0.966 bits per heavy atom. The minimum atomic E-state index is 0.123. The van der Waals surface area contributed by atoms with Gasteiger partial charge in [0.15, 0.2) is 0 Å². The van der Waals surface area contributed by atoms with Crippen LogP contribution >= 0.6 is 0 Å². The molecular formula is C23H33N3O3. The van der Waals surface area contributed by atoms with Gasteiger partial charge in [-0.15, -0.1) is 0 Å². The molecule has 6 nitrogen and oxygen atoms in total. The third-order valence-electron chi connectivity index (χ3n) is 6.36. The summed E-state index contributed by atoms with van der Waals surface area (Å²) in [7, 11) is 0. The van der Waals surface area contributed by atoms with Crippen LogP contribution in [0.4, 0.5) is 5.69 Å². The quantitative estimate of drug-likeness (QED) is 0.738. The van der Waals surface area contributed by atoms with E-state index in [1.54, 1.807) is 0 Å². The summed E-state index contributed by atoms with van der Waals surface area (Å²) in [6, 6.07) is 8.00. The van der Waals surface area contributed by atoms with Gasteiger partial charge in [0.1, 0.15) is 0 Å². The van der Waals surface area contributed by atoms with Gasteiger partial charge in [-0.1, -0.05) is 0 Å². The molecule has 2 aliphatic heterocycles. The molecule has 1 aliphatic carbocycles. The first kappa shape index (κ1) is 20.2. The first-order valence-corrected chi connectivity index (χ1v) is 11.2. The van der Waals surface area contributed by atoms with Crippen molar-refractivity contribution in [3.05, 3.63) is 29.8 Å². The second kappa shape index (κ2) is 9.16. The number of ether oxygens (including phenoxy) is 1. The molecule has 6 heteroatoms. The standard InChI is InChI=1S/C23H33N3O3/c1-2-29-17-18-4-3-11-26(16-18)23(28)20-7-9-21(10-8-20)24-12-14-25(15-13-24)22(27)19-5-6-19/h7-10,18-19H,2-6,11-17H2,1H3. The van der Waals surface area contributed by atoms with E-state index in [4.69, 9.17) is 4.74 Å². The summed E-state index contributed by atoms with van der Waals surface area (Å²) in [6.45, 7) is 8.42. The number of benzene rings is 1. The number of carbonyl (C=O) groups excluding carboxylic acids is 2. The normalized spacial score (nSPS) is 22.7. The Labute approximate surface area is 173 Å². The Morgan fingerprint density at radius 2 is 1.69 bits per heavy atom. The topological polar surface area (TPSA) is 53.1 Å². The number of nitrogens with zero attached hydrogens (tertiary/aromatic N) is 3. The third kappa shape index (κ3) is 4.92. The highest BCUT2D eigenvalue weighted by Gasteiger charge is 2.34. The summed E-state index contributed by atoms with van der Waals surface area (Å²) in [5, 5.41) is 0. The van der Waals surface area contributed by atoms with Gasteiger partial charge in [-0.2, -0.15) is 0 Å². The van der Waals surface area contributed by atoms with Crippen LogP contribution in [0.1, 0.15) is 43.0 Å². The van der Waals surface area contributed by atoms with Crippen LogP contribution in [0.3, 0.4) is 0 Å². The van der Waals surface area contributed by atoms with Gasteiger partial charge in [-0.3, -0.25) is 9.59 Å². The number of piperazine rings is 1. The fraction of sp³-hybridized carbons (Fsp3) is 0.652. The molecule has 1 saturated carbocycles. The van der Waals surface area contributed by atoms with Crippen molar-refractivity contribution in [3.63, 3.8) is 0 Å². The highest BCUT2D eigenvalue weighted by atomic mass is 16.5. The number of piperidine rings is 1. The summed E-state index contributed by atoms with van der Waals surface area (Å²) >= 11 is 0. The van der Waals surface area contributed by atoms with Crippen molar-refractivity contribution in [1.29, 1.82) is 0 Å². The van der Waals surface area contributed by atoms with E-state index in [-0.39, 0.29) is 5.91 Å². The summed E-state index contributed by atoms with van der Waals surface area (Å²) in [4.78, 5) is 31.4. The number of likely N-dealkylation sites (tertiary alicyclic amines) is 1. The maximum atomic E-state index is 12.9. The SMILES string of the molecule is CCOCC1CCCN(C(=O)c2ccc(N3CCN(C(=O)C4CC4)CC3)cc2)C1. The fourth-order valence-electron chi connectivity index (χ4n) is 4.44. The van der Waals surface area contributed by atoms with Gasteiger partial charge in [-0.05, 0) is 62.8 Å². The Bertz CT molecular complexity index is 709. The minimum absolute atomic E-state index is 0.123. The summed E-state index contributed by atoms with van der Waals surface area (Å²) < 4.78 is 5.56. The smallest absolute Gasteiger partial charge is 0.253 e. The van der Waals surface area contributed by atoms with Gasteiger partial charge < -0.3 is 19.4 Å². The van der Waals surface area contributed by atoms with E-state index >= 15 is 0 Å². The van der Waals surface area contributed by atoms with Crippen molar-refractivity contribution in [2.75, 3.05) is 57.4 Å². The molecule has 3 aliphatic rings. The summed E-state index contributed by atoms with van der Waals surface area (Å²) in [6.07, 6.45) is 4.32. The molecule has 4 rings (SSSR count). The third-order valence-corrected chi connectivity index (χ3v) is 6.36. The van der Waals surface area contributed by atoms with Crippen LogP contribution in [0.15, 0.2) is 24.3 Å². The molecule has 2 amide bonds. The van der Waals surface area contributed by atoms with Crippen molar-refractivity contribution in [2.24, 2.45) is 11.8 Å². The van der Waals surface area contributed by atoms with Crippen LogP contribution in [0.5, 0.6) is 0 Å². The molecular weight excluding hydrogens is 366 g/mol. The predicted octanol–water partition coefficient (Wildman–Crippen LogP) is 2.63. The number of carbonyl (C=O) groups is 2. The number of rotatable bonds is 6. The Balaban J connectivity index is 1.30. The average molecular weight is 400 g/mol. The second-order valence-electron chi connectivity index (χ2n) is 8.55. The molecule has 1 aromatic rings. The highest BCUT2D eigenvalue weighted by molar-refractivity contribution is 5.94. The molecule has 158 valence electrons. The summed E-state index contributed by atoms with van der Waals surface area (Å²) in [5.41, 5.74) is 1.89. The molecule has 29 heavy (non-hydrogen) atoms. The monoisotopic (exact) mass is 399 g/mol.